The van der Waals surface area contributed by atoms with Gasteiger partial charge in [-0.1, -0.05) is 13.8 Å². The van der Waals surface area contributed by atoms with Gasteiger partial charge in [-0.3, -0.25) is 9.59 Å². The Morgan fingerprint density at radius 3 is 2.35 bits per heavy atom. The Kier molecular flexibility index (Phi) is 8.34. The number of aliphatic carboxylic acids is 1. The second kappa shape index (κ2) is 9.55. The van der Waals surface area contributed by atoms with Gasteiger partial charge in [-0.05, 0) is 0 Å². The van der Waals surface area contributed by atoms with Gasteiger partial charge >= 0.3 is 5.97 Å². The molecule has 1 unspecified atom stereocenters. The van der Waals surface area contributed by atoms with E-state index < -0.39 is 60.7 Å². The van der Waals surface area contributed by atoms with Crippen molar-refractivity contribution in [1.29, 1.82) is 0 Å². The molecule has 0 aromatic rings. The Hall–Kier alpha value is -1.34. The van der Waals surface area contributed by atoms with Gasteiger partial charge in [-0.25, -0.2) is 0 Å². The van der Waals surface area contributed by atoms with E-state index in [9.17, 15) is 30.0 Å². The highest BCUT2D eigenvalue weighted by Crippen LogP contribution is 2.26. The molecule has 0 spiro atoms. The van der Waals surface area contributed by atoms with Gasteiger partial charge in [0.1, 0.15) is 30.5 Å². The van der Waals surface area contributed by atoms with Crippen LogP contribution >= 0.6 is 0 Å². The molecule has 1 aliphatic rings. The third-order valence-corrected chi connectivity index (χ3v) is 4.09. The zero-order valence-corrected chi connectivity index (χ0v) is 14.6. The second-order valence-electron chi connectivity index (χ2n) is 6.83. The minimum Gasteiger partial charge on any atom is -0.481 e. The van der Waals surface area contributed by atoms with Gasteiger partial charge in [0.05, 0.1) is 19.6 Å². The number of hydrogen-bond donors (Lipinski definition) is 7. The van der Waals surface area contributed by atoms with E-state index in [2.05, 4.69) is 5.32 Å². The predicted molar refractivity (Wildman–Crippen MR) is 84.8 cm³/mol. The molecule has 0 radical (unpaired) electrons. The summed E-state index contributed by atoms with van der Waals surface area (Å²) in [7, 11) is 0. The van der Waals surface area contributed by atoms with Crippen LogP contribution in [0, 0.1) is 5.41 Å². The number of carbonyl (C=O) groups excluding carboxylic acids is 1. The number of carbonyl (C=O) groups is 2. The molecule has 0 bridgehead atoms. The van der Waals surface area contributed by atoms with E-state index in [4.69, 9.17) is 19.7 Å². The average Bonchev–Trinajstić information content (AvgIpc) is 2.58. The van der Waals surface area contributed by atoms with Crippen molar-refractivity contribution < 1.29 is 49.7 Å². The minimum absolute atomic E-state index is 0.144. The number of amides is 1. The molecule has 1 aliphatic heterocycles. The fraction of sp³-hybridized carbons (Fsp3) is 0.867. The molecule has 0 aromatic carbocycles. The van der Waals surface area contributed by atoms with Crippen molar-refractivity contribution in [3.8, 4) is 0 Å². The maximum atomic E-state index is 11.9. The molecular weight excluding hydrogens is 354 g/mol. The van der Waals surface area contributed by atoms with Crippen LogP contribution in [0.25, 0.3) is 0 Å². The molecule has 0 aromatic heterocycles. The summed E-state index contributed by atoms with van der Waals surface area (Å²) in [6, 6.07) is 0. The molecule has 1 amide bonds. The molecule has 6 atom stereocenters. The normalized spacial score (nSPS) is 30.7. The molecule has 1 rings (SSSR count). The molecule has 1 saturated heterocycles. The van der Waals surface area contributed by atoms with Gasteiger partial charge in [0, 0.05) is 12.0 Å². The van der Waals surface area contributed by atoms with Crippen LogP contribution in [0.1, 0.15) is 20.3 Å². The minimum atomic E-state index is -1.60. The number of hydrogen-bond acceptors (Lipinski definition) is 9. The summed E-state index contributed by atoms with van der Waals surface area (Å²) in [4.78, 5) is 22.3. The molecule has 0 saturated carbocycles. The number of nitrogens with one attached hydrogen (secondary N) is 1. The fourth-order valence-corrected chi connectivity index (χ4v) is 2.33. The first kappa shape index (κ1) is 22.7. The van der Waals surface area contributed by atoms with Crippen molar-refractivity contribution in [2.24, 2.45) is 5.41 Å². The highest BCUT2D eigenvalue weighted by molar-refractivity contribution is 5.81. The van der Waals surface area contributed by atoms with E-state index in [0.29, 0.717) is 0 Å². The largest absolute Gasteiger partial charge is 0.481 e. The smallest absolute Gasteiger partial charge is 0.305 e. The first-order valence-corrected chi connectivity index (χ1v) is 8.11. The van der Waals surface area contributed by atoms with Crippen LogP contribution in [-0.2, 0) is 19.1 Å². The maximum Gasteiger partial charge on any atom is 0.305 e. The first-order valence-electron chi connectivity index (χ1n) is 8.11. The number of ether oxygens (including phenoxy) is 2. The lowest BCUT2D eigenvalue weighted by atomic mass is 9.87. The highest BCUT2D eigenvalue weighted by atomic mass is 16.7. The molecule has 1 heterocycles. The van der Waals surface area contributed by atoms with Gasteiger partial charge in [-0.15, -0.1) is 0 Å². The Morgan fingerprint density at radius 2 is 1.81 bits per heavy atom. The first-order chi connectivity index (χ1) is 12.0. The molecular formula is C15H27NO10. The van der Waals surface area contributed by atoms with Gasteiger partial charge in [0.25, 0.3) is 0 Å². The van der Waals surface area contributed by atoms with E-state index in [1.807, 2.05) is 0 Å². The predicted octanol–water partition coefficient (Wildman–Crippen LogP) is -3.22. The number of carboxylic acid groups (broad SMARTS) is 1. The van der Waals surface area contributed by atoms with E-state index in [1.165, 1.54) is 13.8 Å². The monoisotopic (exact) mass is 381 g/mol. The topological polar surface area (TPSA) is 186 Å². The van der Waals surface area contributed by atoms with Crippen molar-refractivity contribution in [1.82, 2.24) is 5.32 Å². The van der Waals surface area contributed by atoms with E-state index in [1.54, 1.807) is 0 Å². The Labute approximate surface area is 150 Å². The van der Waals surface area contributed by atoms with E-state index in [-0.39, 0.29) is 19.6 Å². The second-order valence-corrected chi connectivity index (χ2v) is 6.83. The van der Waals surface area contributed by atoms with Crippen molar-refractivity contribution in [2.45, 2.75) is 57.1 Å². The van der Waals surface area contributed by atoms with Crippen molar-refractivity contribution in [3.63, 3.8) is 0 Å². The summed E-state index contributed by atoms with van der Waals surface area (Å²) < 4.78 is 10.5. The lowest BCUT2D eigenvalue weighted by Gasteiger charge is -2.41. The molecule has 26 heavy (non-hydrogen) atoms. The van der Waals surface area contributed by atoms with Gasteiger partial charge in [0.2, 0.25) is 5.91 Å². The fourth-order valence-electron chi connectivity index (χ4n) is 2.33. The lowest BCUT2D eigenvalue weighted by Crippen LogP contribution is -2.59. The summed E-state index contributed by atoms with van der Waals surface area (Å²) in [5.74, 6) is -1.88. The average molecular weight is 381 g/mol. The van der Waals surface area contributed by atoms with Crippen LogP contribution in [0.2, 0.25) is 0 Å². The zero-order chi connectivity index (χ0) is 20.1. The summed E-state index contributed by atoms with van der Waals surface area (Å²) >= 11 is 0. The molecule has 7 N–H and O–H groups in total. The molecule has 0 aliphatic carbocycles. The summed E-state index contributed by atoms with van der Waals surface area (Å²) in [6.45, 7) is 1.97. The highest BCUT2D eigenvalue weighted by Gasteiger charge is 2.45. The Morgan fingerprint density at radius 1 is 1.19 bits per heavy atom. The molecule has 1 fully saturated rings. The Bertz CT molecular complexity index is 483. The lowest BCUT2D eigenvalue weighted by molar-refractivity contribution is -0.306. The quantitative estimate of drug-likeness (QED) is 0.214. The van der Waals surface area contributed by atoms with Crippen LogP contribution in [0.5, 0.6) is 0 Å². The van der Waals surface area contributed by atoms with Crippen molar-refractivity contribution >= 4 is 11.9 Å². The van der Waals surface area contributed by atoms with Gasteiger partial charge in [0.15, 0.2) is 6.29 Å². The summed E-state index contributed by atoms with van der Waals surface area (Å²) in [6.07, 6.45) is -9.06. The summed E-state index contributed by atoms with van der Waals surface area (Å²) in [5, 5.41) is 59.4. The van der Waals surface area contributed by atoms with Gasteiger partial charge in [-0.2, -0.15) is 0 Å². The SMILES string of the molecule is CC(C)(CO[C@@H]1O[C@H](CO)[C@@H](O)[C@H](O)[C@H]1O)C(O)C(=O)NCCC(=O)O. The van der Waals surface area contributed by atoms with Crippen LogP contribution in [0.4, 0.5) is 0 Å². The van der Waals surface area contributed by atoms with Crippen molar-refractivity contribution in [3.05, 3.63) is 0 Å². The molecule has 152 valence electrons. The standard InChI is InChI=1S/C15H27NO10/c1-15(2,12(23)13(24)16-4-3-8(18)19)6-25-14-11(22)10(21)9(20)7(5-17)26-14/h7,9-12,14,17,20-23H,3-6H2,1-2H3,(H,16,24)(H,18,19)/t7-,9-,10+,11-,12?,14-/m1/s1. The third-order valence-electron chi connectivity index (χ3n) is 4.09. The number of carboxylic acids is 1. The molecule has 11 heteroatoms. The van der Waals surface area contributed by atoms with E-state index >= 15 is 0 Å². The molecule has 11 nitrogen and oxygen atoms in total. The zero-order valence-electron chi connectivity index (χ0n) is 14.6. The van der Waals surface area contributed by atoms with Crippen LogP contribution < -0.4 is 5.32 Å². The van der Waals surface area contributed by atoms with Crippen LogP contribution in [0.15, 0.2) is 0 Å². The van der Waals surface area contributed by atoms with Crippen molar-refractivity contribution in [2.75, 3.05) is 19.8 Å². The third kappa shape index (κ3) is 5.84. The Balaban J connectivity index is 2.60. The summed E-state index contributed by atoms with van der Waals surface area (Å²) in [5.41, 5.74) is -1.15. The van der Waals surface area contributed by atoms with E-state index in [0.717, 1.165) is 0 Å². The number of rotatable bonds is 9. The number of aliphatic hydroxyl groups excluding tert-OH is 5. The van der Waals surface area contributed by atoms with Gasteiger partial charge < -0.3 is 45.4 Å². The maximum absolute atomic E-state index is 11.9. The number of aliphatic hydroxyl groups is 5. The van der Waals surface area contributed by atoms with Crippen LogP contribution in [-0.4, -0.2) is 99.1 Å². The van der Waals surface area contributed by atoms with Crippen LogP contribution in [0.3, 0.4) is 0 Å².